The Morgan fingerprint density at radius 2 is 1.90 bits per heavy atom. The molecule has 1 aromatic heterocycles. The summed E-state index contributed by atoms with van der Waals surface area (Å²) >= 11 is 0. The average molecular weight is 274 g/mol. The van der Waals surface area contributed by atoms with Gasteiger partial charge in [-0.25, -0.2) is 14.4 Å². The molecule has 0 unspecified atom stereocenters. The number of halogens is 1. The van der Waals surface area contributed by atoms with Crippen LogP contribution in [0.5, 0.6) is 0 Å². The summed E-state index contributed by atoms with van der Waals surface area (Å²) in [5.74, 6) is 1.76. The number of benzene rings is 1. The van der Waals surface area contributed by atoms with Crippen LogP contribution in [0.2, 0.25) is 0 Å². The number of aryl methyl sites for hydroxylation is 1. The molecule has 0 atom stereocenters. The molecule has 4 nitrogen and oxygen atoms in total. The van der Waals surface area contributed by atoms with Crippen molar-refractivity contribution in [3.63, 3.8) is 0 Å². The molecule has 106 valence electrons. The van der Waals surface area contributed by atoms with Crippen molar-refractivity contribution < 1.29 is 4.39 Å². The Hall–Kier alpha value is -2.17. The highest BCUT2D eigenvalue weighted by Gasteiger charge is 2.08. The van der Waals surface area contributed by atoms with Gasteiger partial charge in [0, 0.05) is 18.5 Å². The summed E-state index contributed by atoms with van der Waals surface area (Å²) in [7, 11) is 0. The summed E-state index contributed by atoms with van der Waals surface area (Å²) < 4.78 is 12.8. The van der Waals surface area contributed by atoms with E-state index >= 15 is 0 Å². The van der Waals surface area contributed by atoms with E-state index in [1.165, 1.54) is 12.1 Å². The second-order valence-electron chi connectivity index (χ2n) is 4.73. The van der Waals surface area contributed by atoms with Gasteiger partial charge in [0.05, 0.1) is 0 Å². The van der Waals surface area contributed by atoms with Gasteiger partial charge in [0.1, 0.15) is 23.3 Å². The predicted octanol–water partition coefficient (Wildman–Crippen LogP) is 3.07. The Bertz CT molecular complexity index is 581. The lowest BCUT2D eigenvalue weighted by Gasteiger charge is -2.12. The minimum atomic E-state index is -0.235. The van der Waals surface area contributed by atoms with Crippen LogP contribution in [0.4, 0.5) is 16.0 Å². The van der Waals surface area contributed by atoms with E-state index < -0.39 is 0 Å². The van der Waals surface area contributed by atoms with Crippen molar-refractivity contribution in [1.82, 2.24) is 9.97 Å². The van der Waals surface area contributed by atoms with Crippen LogP contribution in [0, 0.1) is 12.7 Å². The van der Waals surface area contributed by atoms with Crippen LogP contribution in [-0.2, 0) is 13.0 Å². The van der Waals surface area contributed by atoms with Gasteiger partial charge in [0.15, 0.2) is 0 Å². The lowest BCUT2D eigenvalue weighted by molar-refractivity contribution is 0.627. The van der Waals surface area contributed by atoms with Gasteiger partial charge in [-0.05, 0) is 31.0 Å². The van der Waals surface area contributed by atoms with E-state index in [0.717, 1.165) is 35.6 Å². The molecule has 0 amide bonds. The van der Waals surface area contributed by atoms with Crippen molar-refractivity contribution in [3.05, 3.63) is 47.0 Å². The van der Waals surface area contributed by atoms with Crippen LogP contribution in [0.25, 0.3) is 0 Å². The van der Waals surface area contributed by atoms with Crippen LogP contribution in [-0.4, -0.2) is 9.97 Å². The Morgan fingerprint density at radius 3 is 2.55 bits per heavy atom. The lowest BCUT2D eigenvalue weighted by Crippen LogP contribution is -2.09. The van der Waals surface area contributed by atoms with Crippen LogP contribution in [0.1, 0.15) is 30.3 Å². The Labute approximate surface area is 118 Å². The fraction of sp³-hybridized carbons (Fsp3) is 0.333. The Kier molecular flexibility index (Phi) is 4.50. The van der Waals surface area contributed by atoms with Crippen molar-refractivity contribution >= 4 is 11.6 Å². The summed E-state index contributed by atoms with van der Waals surface area (Å²) in [4.78, 5) is 8.75. The molecular formula is C15H19FN4. The zero-order valence-electron chi connectivity index (χ0n) is 11.8. The second-order valence-corrected chi connectivity index (χ2v) is 4.73. The molecule has 5 heteroatoms. The van der Waals surface area contributed by atoms with E-state index in [2.05, 4.69) is 22.2 Å². The number of nitrogens with one attached hydrogen (secondary N) is 1. The molecule has 0 fully saturated rings. The average Bonchev–Trinajstić information content (AvgIpc) is 2.43. The zero-order valence-corrected chi connectivity index (χ0v) is 11.8. The van der Waals surface area contributed by atoms with Crippen LogP contribution in [0.3, 0.4) is 0 Å². The van der Waals surface area contributed by atoms with Crippen molar-refractivity contribution in [1.29, 1.82) is 0 Å². The largest absolute Gasteiger partial charge is 0.383 e. The Morgan fingerprint density at radius 1 is 1.20 bits per heavy atom. The SMILES string of the molecule is CCCc1nc(N)c(C)c(NCc2ccc(F)cc2)n1. The monoisotopic (exact) mass is 274 g/mol. The highest BCUT2D eigenvalue weighted by molar-refractivity contribution is 5.55. The molecule has 0 saturated heterocycles. The number of aromatic nitrogens is 2. The van der Waals surface area contributed by atoms with Gasteiger partial charge < -0.3 is 11.1 Å². The van der Waals surface area contributed by atoms with Gasteiger partial charge in [-0.15, -0.1) is 0 Å². The molecule has 0 bridgehead atoms. The number of anilines is 2. The summed E-state index contributed by atoms with van der Waals surface area (Å²) in [6.45, 7) is 4.53. The summed E-state index contributed by atoms with van der Waals surface area (Å²) in [5, 5.41) is 3.23. The molecule has 0 aliphatic rings. The van der Waals surface area contributed by atoms with Gasteiger partial charge in [-0.2, -0.15) is 0 Å². The normalized spacial score (nSPS) is 10.6. The van der Waals surface area contributed by atoms with Gasteiger partial charge >= 0.3 is 0 Å². The highest BCUT2D eigenvalue weighted by atomic mass is 19.1. The molecule has 2 rings (SSSR count). The van der Waals surface area contributed by atoms with Crippen molar-refractivity contribution in [2.45, 2.75) is 33.2 Å². The molecule has 1 aromatic carbocycles. The van der Waals surface area contributed by atoms with E-state index in [1.807, 2.05) is 6.92 Å². The first-order chi connectivity index (χ1) is 9.60. The maximum Gasteiger partial charge on any atom is 0.135 e. The number of rotatable bonds is 5. The van der Waals surface area contributed by atoms with Crippen molar-refractivity contribution in [2.75, 3.05) is 11.1 Å². The second kappa shape index (κ2) is 6.32. The summed E-state index contributed by atoms with van der Waals surface area (Å²) in [6.07, 6.45) is 1.77. The third-order valence-electron chi connectivity index (χ3n) is 3.08. The third kappa shape index (κ3) is 3.44. The molecule has 0 spiro atoms. The van der Waals surface area contributed by atoms with Crippen LogP contribution in [0.15, 0.2) is 24.3 Å². The van der Waals surface area contributed by atoms with E-state index in [0.29, 0.717) is 12.4 Å². The molecule has 0 aliphatic heterocycles. The number of hydrogen-bond acceptors (Lipinski definition) is 4. The van der Waals surface area contributed by atoms with Crippen LogP contribution < -0.4 is 11.1 Å². The number of nitrogen functional groups attached to an aromatic ring is 1. The first kappa shape index (κ1) is 14.2. The summed E-state index contributed by atoms with van der Waals surface area (Å²) in [6, 6.07) is 6.38. The topological polar surface area (TPSA) is 63.8 Å². The highest BCUT2D eigenvalue weighted by Crippen LogP contribution is 2.18. The molecule has 0 radical (unpaired) electrons. The van der Waals surface area contributed by atoms with Crippen molar-refractivity contribution in [3.8, 4) is 0 Å². The molecule has 1 heterocycles. The minimum Gasteiger partial charge on any atom is -0.383 e. The first-order valence-corrected chi connectivity index (χ1v) is 6.71. The molecule has 0 aliphatic carbocycles. The zero-order chi connectivity index (χ0) is 14.5. The molecular weight excluding hydrogens is 255 g/mol. The standard InChI is InChI=1S/C15H19FN4/c1-3-4-13-19-14(17)10(2)15(20-13)18-9-11-5-7-12(16)8-6-11/h5-8H,3-4,9H2,1-2H3,(H3,17,18,19,20). The number of nitrogens with zero attached hydrogens (tertiary/aromatic N) is 2. The number of nitrogens with two attached hydrogens (primary N) is 1. The third-order valence-corrected chi connectivity index (χ3v) is 3.08. The lowest BCUT2D eigenvalue weighted by atomic mass is 10.2. The van der Waals surface area contributed by atoms with Gasteiger partial charge in [-0.1, -0.05) is 19.1 Å². The van der Waals surface area contributed by atoms with E-state index in [9.17, 15) is 4.39 Å². The van der Waals surface area contributed by atoms with Crippen molar-refractivity contribution in [2.24, 2.45) is 0 Å². The van der Waals surface area contributed by atoms with Gasteiger partial charge in [-0.3, -0.25) is 0 Å². The summed E-state index contributed by atoms with van der Waals surface area (Å²) in [5.41, 5.74) is 7.73. The van der Waals surface area contributed by atoms with E-state index in [4.69, 9.17) is 5.73 Å². The van der Waals surface area contributed by atoms with E-state index in [-0.39, 0.29) is 5.82 Å². The van der Waals surface area contributed by atoms with Gasteiger partial charge in [0.2, 0.25) is 0 Å². The fourth-order valence-corrected chi connectivity index (χ4v) is 1.88. The smallest absolute Gasteiger partial charge is 0.135 e. The molecule has 2 aromatic rings. The minimum absolute atomic E-state index is 0.235. The van der Waals surface area contributed by atoms with E-state index in [1.54, 1.807) is 12.1 Å². The maximum atomic E-state index is 12.8. The van der Waals surface area contributed by atoms with Crippen LogP contribution >= 0.6 is 0 Å². The number of hydrogen-bond donors (Lipinski definition) is 2. The quantitative estimate of drug-likeness (QED) is 0.879. The Balaban J connectivity index is 2.13. The fourth-order valence-electron chi connectivity index (χ4n) is 1.88. The first-order valence-electron chi connectivity index (χ1n) is 6.71. The molecule has 20 heavy (non-hydrogen) atoms. The van der Waals surface area contributed by atoms with Gasteiger partial charge in [0.25, 0.3) is 0 Å². The predicted molar refractivity (Wildman–Crippen MR) is 78.9 cm³/mol. The molecule has 3 N–H and O–H groups in total. The maximum absolute atomic E-state index is 12.8. The molecule has 0 saturated carbocycles.